The maximum absolute atomic E-state index is 12.4. The Kier molecular flexibility index (Phi) is 6.49. The Hall–Kier alpha value is -0.240. The largest absolute Gasteiger partial charge is 0.340 e. The molecule has 2 nitrogen and oxygen atoms in total. The highest BCUT2D eigenvalue weighted by Gasteiger charge is 2.28. The van der Waals surface area contributed by atoms with E-state index in [1.165, 1.54) is 44.9 Å². The molecule has 0 bridgehead atoms. The van der Waals surface area contributed by atoms with Gasteiger partial charge in [-0.2, -0.15) is 0 Å². The number of nitrogens with zero attached hydrogens (tertiary/aromatic N) is 1. The summed E-state index contributed by atoms with van der Waals surface area (Å²) in [6.07, 6.45) is 13.3. The number of likely N-dealkylation sites (tertiary alicyclic amines) is 1. The van der Waals surface area contributed by atoms with Crippen molar-refractivity contribution in [1.82, 2.24) is 4.90 Å². The summed E-state index contributed by atoms with van der Waals surface area (Å²) in [5.74, 6) is 1.95. The van der Waals surface area contributed by atoms with Gasteiger partial charge in [-0.05, 0) is 38.0 Å². The van der Waals surface area contributed by atoms with Crippen LogP contribution in [-0.2, 0) is 4.79 Å². The van der Waals surface area contributed by atoms with Crippen LogP contribution in [0.4, 0.5) is 0 Å². The van der Waals surface area contributed by atoms with Crippen molar-refractivity contribution in [3.05, 3.63) is 0 Å². The third-order valence-electron chi connectivity index (χ3n) is 4.86. The molecule has 0 aromatic heterocycles. The van der Waals surface area contributed by atoms with E-state index >= 15 is 0 Å². The van der Waals surface area contributed by atoms with Gasteiger partial charge in [0.25, 0.3) is 0 Å². The van der Waals surface area contributed by atoms with Gasteiger partial charge >= 0.3 is 0 Å². The summed E-state index contributed by atoms with van der Waals surface area (Å²) in [7, 11) is 0. The summed E-state index contributed by atoms with van der Waals surface area (Å²) in [4.78, 5) is 14.5. The fourth-order valence-electron chi connectivity index (χ4n) is 3.72. The molecule has 1 saturated heterocycles. The summed E-state index contributed by atoms with van der Waals surface area (Å²) in [6, 6.07) is 0.484. The van der Waals surface area contributed by atoms with Crippen molar-refractivity contribution < 1.29 is 4.79 Å². The lowest BCUT2D eigenvalue weighted by Crippen LogP contribution is -2.35. The maximum Gasteiger partial charge on any atom is 0.222 e. The van der Waals surface area contributed by atoms with Crippen LogP contribution in [0.2, 0.25) is 0 Å². The van der Waals surface area contributed by atoms with Crippen LogP contribution in [0.3, 0.4) is 0 Å². The molecule has 110 valence electrons. The van der Waals surface area contributed by atoms with Gasteiger partial charge in [-0.25, -0.2) is 0 Å². The molecule has 2 aliphatic rings. The van der Waals surface area contributed by atoms with E-state index in [0.717, 1.165) is 44.0 Å². The monoisotopic (exact) mass is 285 g/mol. The minimum Gasteiger partial charge on any atom is -0.340 e. The molecule has 1 unspecified atom stereocenters. The van der Waals surface area contributed by atoms with Gasteiger partial charge in [0.15, 0.2) is 0 Å². The molecule has 1 aliphatic carbocycles. The molecule has 19 heavy (non-hydrogen) atoms. The molecule has 1 amide bonds. The smallest absolute Gasteiger partial charge is 0.222 e. The molecule has 0 radical (unpaired) electrons. The molecule has 1 heterocycles. The van der Waals surface area contributed by atoms with E-state index in [2.05, 4.69) is 4.90 Å². The van der Waals surface area contributed by atoms with E-state index in [-0.39, 0.29) is 0 Å². The molecule has 1 saturated carbocycles. The van der Waals surface area contributed by atoms with Crippen LogP contribution in [0.1, 0.15) is 70.6 Å². The quantitative estimate of drug-likeness (QED) is 0.664. The summed E-state index contributed by atoms with van der Waals surface area (Å²) >= 11 is 5.77. The topological polar surface area (TPSA) is 20.3 Å². The minimum absolute atomic E-state index is 0.405. The predicted molar refractivity (Wildman–Crippen MR) is 80.5 cm³/mol. The van der Waals surface area contributed by atoms with E-state index in [1.54, 1.807) is 0 Å². The molecule has 2 rings (SSSR count). The second-order valence-corrected chi connectivity index (χ2v) is 6.64. The van der Waals surface area contributed by atoms with Gasteiger partial charge in [-0.3, -0.25) is 4.79 Å². The Bertz CT molecular complexity index is 276. The maximum atomic E-state index is 12.4. The fraction of sp³-hybridized carbons (Fsp3) is 0.938. The van der Waals surface area contributed by atoms with Crippen molar-refractivity contribution in [2.45, 2.75) is 76.7 Å². The van der Waals surface area contributed by atoms with Crippen molar-refractivity contribution in [2.24, 2.45) is 5.92 Å². The Balaban J connectivity index is 1.71. The first-order valence-electron chi connectivity index (χ1n) is 8.16. The van der Waals surface area contributed by atoms with Crippen LogP contribution >= 0.6 is 11.6 Å². The molecule has 0 aromatic carbocycles. The predicted octanol–water partition coefficient (Wildman–Crippen LogP) is 4.36. The average Bonchev–Trinajstić information content (AvgIpc) is 2.92. The molecule has 0 aromatic rings. The Morgan fingerprint density at radius 3 is 2.58 bits per heavy atom. The van der Waals surface area contributed by atoms with Gasteiger partial charge in [0.2, 0.25) is 5.91 Å². The van der Waals surface area contributed by atoms with E-state index in [1.807, 2.05) is 0 Å². The zero-order chi connectivity index (χ0) is 13.5. The van der Waals surface area contributed by atoms with Gasteiger partial charge in [-0.15, -0.1) is 11.6 Å². The zero-order valence-electron chi connectivity index (χ0n) is 12.1. The van der Waals surface area contributed by atoms with Crippen LogP contribution < -0.4 is 0 Å². The first kappa shape index (κ1) is 15.2. The Morgan fingerprint density at radius 2 is 1.84 bits per heavy atom. The lowest BCUT2D eigenvalue weighted by Gasteiger charge is -2.26. The molecular weight excluding hydrogens is 258 g/mol. The first-order valence-corrected chi connectivity index (χ1v) is 8.70. The van der Waals surface area contributed by atoms with Crippen LogP contribution in [0.5, 0.6) is 0 Å². The second-order valence-electron chi connectivity index (χ2n) is 6.26. The summed E-state index contributed by atoms with van der Waals surface area (Å²) in [6.45, 7) is 0.983. The van der Waals surface area contributed by atoms with E-state index in [4.69, 9.17) is 11.6 Å². The van der Waals surface area contributed by atoms with Crippen LogP contribution in [0.15, 0.2) is 0 Å². The highest BCUT2D eigenvalue weighted by atomic mass is 35.5. The molecule has 1 atom stereocenters. The lowest BCUT2D eigenvalue weighted by atomic mass is 9.86. The third kappa shape index (κ3) is 4.66. The van der Waals surface area contributed by atoms with Crippen molar-refractivity contribution >= 4 is 17.5 Å². The Labute approximate surface area is 122 Å². The number of halogens is 1. The number of amides is 1. The van der Waals surface area contributed by atoms with E-state index in [9.17, 15) is 4.79 Å². The second kappa shape index (κ2) is 8.14. The van der Waals surface area contributed by atoms with Gasteiger partial charge < -0.3 is 4.90 Å². The van der Waals surface area contributed by atoms with Crippen LogP contribution in [0, 0.1) is 5.92 Å². The lowest BCUT2D eigenvalue weighted by molar-refractivity contribution is -0.132. The highest BCUT2D eigenvalue weighted by molar-refractivity contribution is 6.17. The molecule has 2 fully saturated rings. The molecule has 3 heteroatoms. The summed E-state index contributed by atoms with van der Waals surface area (Å²) < 4.78 is 0. The van der Waals surface area contributed by atoms with E-state index < -0.39 is 0 Å². The Morgan fingerprint density at radius 1 is 1.05 bits per heavy atom. The average molecular weight is 286 g/mol. The van der Waals surface area contributed by atoms with Crippen molar-refractivity contribution in [3.8, 4) is 0 Å². The summed E-state index contributed by atoms with van der Waals surface area (Å²) in [5, 5.41) is 0. The number of alkyl halides is 1. The molecule has 0 spiro atoms. The first-order chi connectivity index (χ1) is 9.31. The standard InChI is InChI=1S/C16H28ClNO/c17-12-4-8-15-9-5-13-18(15)16(19)11-10-14-6-2-1-3-7-14/h14-15H,1-13H2. The van der Waals surface area contributed by atoms with E-state index in [0.29, 0.717) is 11.9 Å². The normalized spacial score (nSPS) is 24.9. The highest BCUT2D eigenvalue weighted by Crippen LogP contribution is 2.29. The number of carbonyl (C=O) groups is 1. The van der Waals surface area contributed by atoms with Gasteiger partial charge in [0.05, 0.1) is 0 Å². The van der Waals surface area contributed by atoms with Crippen LogP contribution in [-0.4, -0.2) is 29.3 Å². The molecule has 1 aliphatic heterocycles. The van der Waals surface area contributed by atoms with Gasteiger partial charge in [0, 0.05) is 24.9 Å². The van der Waals surface area contributed by atoms with Gasteiger partial charge in [-0.1, -0.05) is 32.1 Å². The van der Waals surface area contributed by atoms with Gasteiger partial charge in [0.1, 0.15) is 0 Å². The molecular formula is C16H28ClNO. The van der Waals surface area contributed by atoms with Crippen molar-refractivity contribution in [3.63, 3.8) is 0 Å². The number of rotatable bonds is 6. The fourth-order valence-corrected chi connectivity index (χ4v) is 3.88. The van der Waals surface area contributed by atoms with Crippen molar-refractivity contribution in [1.29, 1.82) is 0 Å². The van der Waals surface area contributed by atoms with Crippen molar-refractivity contribution in [2.75, 3.05) is 12.4 Å². The van der Waals surface area contributed by atoms with Crippen LogP contribution in [0.25, 0.3) is 0 Å². The number of hydrogen-bond acceptors (Lipinski definition) is 1. The number of hydrogen-bond donors (Lipinski definition) is 0. The minimum atomic E-state index is 0.405. The zero-order valence-corrected chi connectivity index (χ0v) is 12.8. The third-order valence-corrected chi connectivity index (χ3v) is 5.13. The SMILES string of the molecule is O=C(CCC1CCCCC1)N1CCCC1CCCCl. The summed E-state index contributed by atoms with van der Waals surface area (Å²) in [5.41, 5.74) is 0. The molecule has 0 N–H and O–H groups in total. The number of carbonyl (C=O) groups excluding carboxylic acids is 1.